The van der Waals surface area contributed by atoms with Gasteiger partial charge >= 0.3 is 0 Å². The summed E-state index contributed by atoms with van der Waals surface area (Å²) in [4.78, 5) is 24.2. The van der Waals surface area contributed by atoms with E-state index in [1.807, 2.05) is 6.92 Å². The lowest BCUT2D eigenvalue weighted by molar-refractivity contribution is -0.862. The number of hydrogen-bond donors (Lipinski definition) is 3. The molecule has 0 aliphatic carbocycles. The van der Waals surface area contributed by atoms with E-state index in [0.717, 1.165) is 11.3 Å². The van der Waals surface area contributed by atoms with Crippen LogP contribution in [0, 0.1) is 0 Å². The van der Waals surface area contributed by atoms with Gasteiger partial charge in [-0.3, -0.25) is 9.59 Å². The number of carbonyl (C=O) groups is 2. The molecule has 2 amide bonds. The second-order valence-electron chi connectivity index (χ2n) is 4.69. The summed E-state index contributed by atoms with van der Waals surface area (Å²) < 4.78 is 0. The average Bonchev–Trinajstić information content (AvgIpc) is 2.38. The molecule has 6 heteroatoms. The van der Waals surface area contributed by atoms with Gasteiger partial charge < -0.3 is 15.5 Å². The van der Waals surface area contributed by atoms with E-state index in [1.165, 1.54) is 0 Å². The van der Waals surface area contributed by atoms with E-state index in [9.17, 15) is 9.59 Å². The fourth-order valence-electron chi connectivity index (χ4n) is 1.69. The number of halogens is 1. The van der Waals surface area contributed by atoms with E-state index in [4.69, 9.17) is 11.6 Å². The van der Waals surface area contributed by atoms with E-state index < -0.39 is 0 Å². The molecule has 1 unspecified atom stereocenters. The van der Waals surface area contributed by atoms with Crippen LogP contribution in [0.2, 0.25) is 5.02 Å². The van der Waals surface area contributed by atoms with Crippen molar-refractivity contribution < 1.29 is 14.5 Å². The molecular weight excluding hydrogens is 278 g/mol. The first kappa shape index (κ1) is 16.5. The minimum atomic E-state index is -0.168. The highest BCUT2D eigenvalue weighted by Crippen LogP contribution is 2.19. The lowest BCUT2D eigenvalue weighted by Gasteiger charge is -2.14. The SMILES string of the molecule is CCCNC(=O)C[NH+](C)CC(=O)Nc1ccccc1Cl. The van der Waals surface area contributed by atoms with Gasteiger partial charge in [-0.25, -0.2) is 0 Å². The molecule has 0 radical (unpaired) electrons. The van der Waals surface area contributed by atoms with Crippen LogP contribution in [0.3, 0.4) is 0 Å². The number of amides is 2. The highest BCUT2D eigenvalue weighted by molar-refractivity contribution is 6.33. The maximum atomic E-state index is 11.8. The molecule has 0 aliphatic rings. The predicted molar refractivity (Wildman–Crippen MR) is 80.0 cm³/mol. The number of nitrogens with one attached hydrogen (secondary N) is 3. The molecule has 1 atom stereocenters. The molecule has 0 saturated heterocycles. The molecule has 0 spiro atoms. The van der Waals surface area contributed by atoms with Gasteiger partial charge in [-0.05, 0) is 18.6 Å². The summed E-state index contributed by atoms with van der Waals surface area (Å²) >= 11 is 5.96. The normalized spacial score (nSPS) is 11.8. The minimum Gasteiger partial charge on any atom is -0.351 e. The fourth-order valence-corrected chi connectivity index (χ4v) is 1.88. The number of para-hydroxylation sites is 1. The van der Waals surface area contributed by atoms with Gasteiger partial charge in [-0.15, -0.1) is 0 Å². The summed E-state index contributed by atoms with van der Waals surface area (Å²) in [5, 5.41) is 6.02. The van der Waals surface area contributed by atoms with Gasteiger partial charge in [0.15, 0.2) is 13.1 Å². The number of quaternary nitrogens is 1. The Morgan fingerprint density at radius 1 is 1.20 bits per heavy atom. The topological polar surface area (TPSA) is 62.6 Å². The van der Waals surface area contributed by atoms with Crippen molar-refractivity contribution in [3.8, 4) is 0 Å². The zero-order chi connectivity index (χ0) is 15.0. The number of benzene rings is 1. The Morgan fingerprint density at radius 3 is 2.50 bits per heavy atom. The van der Waals surface area contributed by atoms with Crippen molar-refractivity contribution in [3.05, 3.63) is 29.3 Å². The van der Waals surface area contributed by atoms with E-state index in [-0.39, 0.29) is 24.9 Å². The smallest absolute Gasteiger partial charge is 0.279 e. The Bertz CT molecular complexity index is 465. The van der Waals surface area contributed by atoms with E-state index >= 15 is 0 Å². The number of anilines is 1. The third-order valence-electron chi connectivity index (χ3n) is 2.64. The van der Waals surface area contributed by atoms with Crippen LogP contribution in [0.25, 0.3) is 0 Å². The molecule has 0 saturated carbocycles. The van der Waals surface area contributed by atoms with Crippen LogP contribution in [0.1, 0.15) is 13.3 Å². The number of rotatable bonds is 7. The van der Waals surface area contributed by atoms with Crippen molar-refractivity contribution in [2.45, 2.75) is 13.3 Å². The zero-order valence-electron chi connectivity index (χ0n) is 11.8. The second kappa shape index (κ2) is 8.55. The first-order valence-electron chi connectivity index (χ1n) is 6.65. The molecule has 20 heavy (non-hydrogen) atoms. The number of hydrogen-bond acceptors (Lipinski definition) is 2. The Kier molecular flexibility index (Phi) is 7.04. The van der Waals surface area contributed by atoms with Crippen molar-refractivity contribution in [1.29, 1.82) is 0 Å². The molecule has 3 N–H and O–H groups in total. The van der Waals surface area contributed by atoms with Crippen LogP contribution in [0.5, 0.6) is 0 Å². The molecule has 0 fully saturated rings. The lowest BCUT2D eigenvalue weighted by Crippen LogP contribution is -3.11. The highest BCUT2D eigenvalue weighted by Gasteiger charge is 2.14. The fraction of sp³-hybridized carbons (Fsp3) is 0.429. The van der Waals surface area contributed by atoms with Crippen LogP contribution in [0.15, 0.2) is 24.3 Å². The lowest BCUT2D eigenvalue weighted by atomic mass is 10.3. The predicted octanol–water partition coefficient (Wildman–Crippen LogP) is 0.319. The van der Waals surface area contributed by atoms with Gasteiger partial charge in [0.2, 0.25) is 0 Å². The van der Waals surface area contributed by atoms with Gasteiger partial charge in [0.05, 0.1) is 17.8 Å². The zero-order valence-corrected chi connectivity index (χ0v) is 12.6. The van der Waals surface area contributed by atoms with Crippen molar-refractivity contribution >= 4 is 29.1 Å². The standard InChI is InChI=1S/C14H20ClN3O2/c1-3-8-16-13(19)9-18(2)10-14(20)17-12-7-5-4-6-11(12)15/h4-7H,3,8-10H2,1-2H3,(H,16,19)(H,17,20)/p+1. The third-order valence-corrected chi connectivity index (χ3v) is 2.97. The van der Waals surface area contributed by atoms with Crippen molar-refractivity contribution in [1.82, 2.24) is 5.32 Å². The summed E-state index contributed by atoms with van der Waals surface area (Å²) in [7, 11) is 1.80. The Hall–Kier alpha value is -1.59. The van der Waals surface area contributed by atoms with Gasteiger partial charge in [0, 0.05) is 6.54 Å². The molecule has 0 heterocycles. The van der Waals surface area contributed by atoms with Crippen LogP contribution >= 0.6 is 11.6 Å². The van der Waals surface area contributed by atoms with Gasteiger partial charge in [-0.1, -0.05) is 30.7 Å². The Morgan fingerprint density at radius 2 is 1.85 bits per heavy atom. The first-order chi connectivity index (χ1) is 9.52. The van der Waals surface area contributed by atoms with Crippen molar-refractivity contribution in [2.75, 3.05) is 32.0 Å². The van der Waals surface area contributed by atoms with Gasteiger partial charge in [0.25, 0.3) is 11.8 Å². The third kappa shape index (κ3) is 6.04. The Labute approximate surface area is 124 Å². The molecule has 0 aliphatic heterocycles. The summed E-state index contributed by atoms with van der Waals surface area (Å²) in [6, 6.07) is 7.05. The van der Waals surface area contributed by atoms with Gasteiger partial charge in [0.1, 0.15) is 0 Å². The molecule has 1 rings (SSSR count). The van der Waals surface area contributed by atoms with E-state index in [2.05, 4.69) is 10.6 Å². The quantitative estimate of drug-likeness (QED) is 0.679. The molecule has 5 nitrogen and oxygen atoms in total. The van der Waals surface area contributed by atoms with Crippen molar-refractivity contribution in [3.63, 3.8) is 0 Å². The summed E-state index contributed by atoms with van der Waals surface area (Å²) in [5.41, 5.74) is 0.586. The molecule has 0 aromatic heterocycles. The largest absolute Gasteiger partial charge is 0.351 e. The molecule has 0 bridgehead atoms. The Balaban J connectivity index is 2.38. The molecular formula is C14H21ClN3O2+. The summed E-state index contributed by atoms with van der Waals surface area (Å²) in [6.07, 6.45) is 0.901. The van der Waals surface area contributed by atoms with Crippen molar-refractivity contribution in [2.24, 2.45) is 0 Å². The summed E-state index contributed by atoms with van der Waals surface area (Å²) in [6.45, 7) is 3.15. The van der Waals surface area contributed by atoms with Crippen LogP contribution in [0.4, 0.5) is 5.69 Å². The number of likely N-dealkylation sites (N-methyl/N-ethyl adjacent to an activating group) is 1. The summed E-state index contributed by atoms with van der Waals surface area (Å²) in [5.74, 6) is -0.214. The molecule has 110 valence electrons. The van der Waals surface area contributed by atoms with Crippen LogP contribution < -0.4 is 15.5 Å². The monoisotopic (exact) mass is 298 g/mol. The van der Waals surface area contributed by atoms with Gasteiger partial charge in [-0.2, -0.15) is 0 Å². The molecule has 1 aromatic rings. The van der Waals surface area contributed by atoms with E-state index in [0.29, 0.717) is 17.3 Å². The minimum absolute atomic E-state index is 0.0464. The average molecular weight is 299 g/mol. The maximum Gasteiger partial charge on any atom is 0.279 e. The van der Waals surface area contributed by atoms with E-state index in [1.54, 1.807) is 31.3 Å². The number of carbonyl (C=O) groups excluding carboxylic acids is 2. The second-order valence-corrected chi connectivity index (χ2v) is 5.10. The maximum absolute atomic E-state index is 11.8. The molecule has 1 aromatic carbocycles. The van der Waals surface area contributed by atoms with Crippen LogP contribution in [-0.4, -0.2) is 38.5 Å². The first-order valence-corrected chi connectivity index (χ1v) is 7.03. The highest BCUT2D eigenvalue weighted by atomic mass is 35.5. The van der Waals surface area contributed by atoms with Crippen LogP contribution in [-0.2, 0) is 9.59 Å².